The van der Waals surface area contributed by atoms with Crippen LogP contribution < -0.4 is 16.6 Å². The Bertz CT molecular complexity index is 692. The van der Waals surface area contributed by atoms with Gasteiger partial charge in [0.15, 0.2) is 0 Å². The summed E-state index contributed by atoms with van der Waals surface area (Å²) in [7, 11) is 0. The lowest BCUT2D eigenvalue weighted by Crippen LogP contribution is -2.38. The highest BCUT2D eigenvalue weighted by Gasteiger charge is 2.13. The Hall–Kier alpha value is -2.92. The molecule has 0 aliphatic rings. The number of carbonyl (C=O) groups is 2. The van der Waals surface area contributed by atoms with Gasteiger partial charge in [0, 0.05) is 5.56 Å². The third-order valence-electron chi connectivity index (χ3n) is 3.05. The molecule has 5 heteroatoms. The zero-order valence-corrected chi connectivity index (χ0v) is 12.2. The number of rotatable bonds is 4. The number of aryl methyl sites for hydroxylation is 1. The van der Waals surface area contributed by atoms with Crippen molar-refractivity contribution in [2.75, 3.05) is 0 Å². The molecule has 0 radical (unpaired) electrons. The van der Waals surface area contributed by atoms with Gasteiger partial charge < -0.3 is 5.32 Å². The first-order chi connectivity index (χ1) is 10.6. The molecule has 0 saturated carbocycles. The lowest BCUT2D eigenvalue weighted by Gasteiger charge is -2.09. The van der Waals surface area contributed by atoms with Gasteiger partial charge in [0.25, 0.3) is 11.8 Å². The maximum Gasteiger partial charge on any atom is 0.281 e. The predicted molar refractivity (Wildman–Crippen MR) is 85.4 cm³/mol. The van der Waals surface area contributed by atoms with Crippen molar-refractivity contribution in [1.82, 2.24) is 10.7 Å². The molecule has 0 aliphatic carbocycles. The lowest BCUT2D eigenvalue weighted by atomic mass is 10.1. The standard InChI is InChI=1S/C17H17N3O2/c1-12-7-9-13(10-8-12)11-15(17(22)20-18)19-16(21)14-5-3-2-4-6-14/h2-11H,18H2,1H3,(H,19,21)(H,20,22)/b15-11+. The zero-order chi connectivity index (χ0) is 15.9. The first-order valence-corrected chi connectivity index (χ1v) is 6.76. The average molecular weight is 295 g/mol. The van der Waals surface area contributed by atoms with Crippen molar-refractivity contribution in [3.63, 3.8) is 0 Å². The van der Waals surface area contributed by atoms with Crippen molar-refractivity contribution in [2.24, 2.45) is 5.84 Å². The van der Waals surface area contributed by atoms with Crippen molar-refractivity contribution >= 4 is 17.9 Å². The summed E-state index contributed by atoms with van der Waals surface area (Å²) >= 11 is 0. The molecular weight excluding hydrogens is 278 g/mol. The zero-order valence-electron chi connectivity index (χ0n) is 12.2. The normalized spacial score (nSPS) is 10.9. The molecule has 0 atom stereocenters. The summed E-state index contributed by atoms with van der Waals surface area (Å²) < 4.78 is 0. The summed E-state index contributed by atoms with van der Waals surface area (Å²) in [5.41, 5.74) is 4.47. The van der Waals surface area contributed by atoms with Gasteiger partial charge in [-0.1, -0.05) is 48.0 Å². The maximum absolute atomic E-state index is 12.1. The summed E-state index contributed by atoms with van der Waals surface area (Å²) in [6.07, 6.45) is 1.57. The largest absolute Gasteiger partial charge is 0.317 e. The number of hydrogen-bond donors (Lipinski definition) is 3. The van der Waals surface area contributed by atoms with E-state index in [1.165, 1.54) is 0 Å². The lowest BCUT2D eigenvalue weighted by molar-refractivity contribution is -0.117. The molecule has 0 heterocycles. The highest BCUT2D eigenvalue weighted by molar-refractivity contribution is 6.05. The SMILES string of the molecule is Cc1ccc(/C=C(/NC(=O)c2ccccc2)C(=O)NN)cc1. The van der Waals surface area contributed by atoms with Crippen LogP contribution in [0, 0.1) is 6.92 Å². The summed E-state index contributed by atoms with van der Waals surface area (Å²) in [5, 5.41) is 2.58. The Labute approximate surface area is 128 Å². The summed E-state index contributed by atoms with van der Waals surface area (Å²) in [6.45, 7) is 1.97. The minimum atomic E-state index is -0.565. The van der Waals surface area contributed by atoms with Crippen LogP contribution in [0.5, 0.6) is 0 Å². The third-order valence-corrected chi connectivity index (χ3v) is 3.05. The van der Waals surface area contributed by atoms with Crippen LogP contribution >= 0.6 is 0 Å². The van der Waals surface area contributed by atoms with E-state index in [4.69, 9.17) is 5.84 Å². The molecule has 2 aromatic carbocycles. The fourth-order valence-electron chi connectivity index (χ4n) is 1.85. The van der Waals surface area contributed by atoms with Gasteiger partial charge in [0.1, 0.15) is 5.70 Å². The number of hydrazine groups is 1. The first kappa shape index (κ1) is 15.5. The minimum Gasteiger partial charge on any atom is -0.317 e. The van der Waals surface area contributed by atoms with Crippen molar-refractivity contribution in [1.29, 1.82) is 0 Å². The molecule has 0 saturated heterocycles. The summed E-state index contributed by atoms with van der Waals surface area (Å²) in [4.78, 5) is 24.0. The topological polar surface area (TPSA) is 84.2 Å². The molecule has 4 N–H and O–H groups in total. The molecule has 0 aromatic heterocycles. The van der Waals surface area contributed by atoms with Crippen molar-refractivity contribution in [2.45, 2.75) is 6.92 Å². The van der Waals surface area contributed by atoms with Gasteiger partial charge in [-0.25, -0.2) is 5.84 Å². The molecular formula is C17H17N3O2. The van der Waals surface area contributed by atoms with Crippen LogP contribution in [-0.4, -0.2) is 11.8 Å². The van der Waals surface area contributed by atoms with E-state index in [1.54, 1.807) is 30.3 Å². The van der Waals surface area contributed by atoms with Gasteiger partial charge >= 0.3 is 0 Å². The Morgan fingerprint density at radius 3 is 2.23 bits per heavy atom. The summed E-state index contributed by atoms with van der Waals surface area (Å²) in [5.74, 6) is 4.24. The predicted octanol–water partition coefficient (Wildman–Crippen LogP) is 1.76. The molecule has 2 amide bonds. The van der Waals surface area contributed by atoms with Gasteiger partial charge in [-0.3, -0.25) is 15.0 Å². The molecule has 0 aliphatic heterocycles. The van der Waals surface area contributed by atoms with E-state index >= 15 is 0 Å². The Morgan fingerprint density at radius 1 is 1.00 bits per heavy atom. The van der Waals surface area contributed by atoms with Gasteiger partial charge in [-0.2, -0.15) is 0 Å². The van der Waals surface area contributed by atoms with Crippen molar-refractivity contribution in [3.8, 4) is 0 Å². The number of nitrogens with two attached hydrogens (primary N) is 1. The molecule has 112 valence electrons. The average Bonchev–Trinajstić information content (AvgIpc) is 2.56. The van der Waals surface area contributed by atoms with E-state index in [0.717, 1.165) is 11.1 Å². The van der Waals surface area contributed by atoms with Gasteiger partial charge in [0.05, 0.1) is 0 Å². The Balaban J connectivity index is 2.25. The van der Waals surface area contributed by atoms with Crippen LogP contribution in [0.3, 0.4) is 0 Å². The van der Waals surface area contributed by atoms with E-state index < -0.39 is 5.91 Å². The number of hydrogen-bond acceptors (Lipinski definition) is 3. The van der Waals surface area contributed by atoms with Gasteiger partial charge in [0.2, 0.25) is 0 Å². The second-order valence-electron chi connectivity index (χ2n) is 4.76. The van der Waals surface area contributed by atoms with Crippen LogP contribution in [0.2, 0.25) is 0 Å². The van der Waals surface area contributed by atoms with E-state index in [9.17, 15) is 9.59 Å². The van der Waals surface area contributed by atoms with Crippen molar-refractivity contribution in [3.05, 3.63) is 77.0 Å². The highest BCUT2D eigenvalue weighted by atomic mass is 16.2. The Morgan fingerprint density at radius 2 is 1.64 bits per heavy atom. The van der Waals surface area contributed by atoms with Gasteiger partial charge in [-0.15, -0.1) is 0 Å². The monoisotopic (exact) mass is 295 g/mol. The van der Waals surface area contributed by atoms with E-state index in [2.05, 4.69) is 5.32 Å². The molecule has 2 rings (SSSR count). The van der Waals surface area contributed by atoms with E-state index in [1.807, 2.05) is 42.7 Å². The molecule has 0 bridgehead atoms. The second kappa shape index (κ2) is 7.19. The number of benzene rings is 2. The number of carbonyl (C=O) groups excluding carboxylic acids is 2. The first-order valence-electron chi connectivity index (χ1n) is 6.76. The fraction of sp³-hybridized carbons (Fsp3) is 0.0588. The smallest absolute Gasteiger partial charge is 0.281 e. The third kappa shape index (κ3) is 4.04. The molecule has 2 aromatic rings. The molecule has 22 heavy (non-hydrogen) atoms. The Kier molecular flexibility index (Phi) is 5.06. The van der Waals surface area contributed by atoms with E-state index in [0.29, 0.717) is 5.56 Å². The molecule has 0 unspecified atom stereocenters. The molecule has 0 spiro atoms. The quantitative estimate of drug-likeness (QED) is 0.348. The fourth-order valence-corrected chi connectivity index (χ4v) is 1.85. The number of amides is 2. The van der Waals surface area contributed by atoms with Crippen LogP contribution in [0.25, 0.3) is 6.08 Å². The number of nitrogens with one attached hydrogen (secondary N) is 2. The van der Waals surface area contributed by atoms with Crippen LogP contribution in [0.4, 0.5) is 0 Å². The summed E-state index contributed by atoms with van der Waals surface area (Å²) in [6, 6.07) is 16.2. The van der Waals surface area contributed by atoms with Crippen LogP contribution in [0.15, 0.2) is 60.3 Å². The maximum atomic E-state index is 12.1. The second-order valence-corrected chi connectivity index (χ2v) is 4.76. The van der Waals surface area contributed by atoms with E-state index in [-0.39, 0.29) is 11.6 Å². The van der Waals surface area contributed by atoms with Crippen molar-refractivity contribution < 1.29 is 9.59 Å². The molecule has 5 nitrogen and oxygen atoms in total. The molecule has 0 fully saturated rings. The van der Waals surface area contributed by atoms with Crippen LogP contribution in [0.1, 0.15) is 21.5 Å². The van der Waals surface area contributed by atoms with Crippen LogP contribution in [-0.2, 0) is 4.79 Å². The highest BCUT2D eigenvalue weighted by Crippen LogP contribution is 2.08. The van der Waals surface area contributed by atoms with Gasteiger partial charge in [-0.05, 0) is 30.7 Å². The minimum absolute atomic E-state index is 0.0835.